The standard InChI is InChI=1S/C57H65N3O10/c1-3-31-68-57-52(60(38-44-24-16-23-42-21-10-11-25-46(42)44)56(64)67-33-32-66-39-41-19-8-5-9-20-41)36-50(59-65-2)48-34-43(22-12-14-29-61)47(26-13-15-30-62)53(54(48)57)49-35-45(27-28-51(49)70-57)69-55(63)58-37-40-17-6-4-7-18-40/h3-11,16-21,23-25,27-28,34-35,43,47,52-54,61-62H,1,12-15,22,26,29-33,36-39H2,2H3,(H,58,63). The van der Waals surface area contributed by atoms with Crippen molar-refractivity contribution in [2.75, 3.05) is 40.1 Å². The molecule has 6 unspecified atom stereocenters. The van der Waals surface area contributed by atoms with Gasteiger partial charge in [0.1, 0.15) is 31.3 Å². The highest BCUT2D eigenvalue weighted by Crippen LogP contribution is 2.62. The van der Waals surface area contributed by atoms with Gasteiger partial charge in [0.25, 0.3) is 0 Å². The summed E-state index contributed by atoms with van der Waals surface area (Å²) in [5, 5.41) is 29.6. The van der Waals surface area contributed by atoms with E-state index in [9.17, 15) is 15.0 Å². The number of benzene rings is 5. The Kier molecular flexibility index (Phi) is 17.4. The van der Waals surface area contributed by atoms with Crippen molar-refractivity contribution in [3.05, 3.63) is 168 Å². The Hall–Kier alpha value is -6.51. The molecule has 368 valence electrons. The molecule has 3 aliphatic rings. The normalized spacial score (nSPS) is 21.7. The summed E-state index contributed by atoms with van der Waals surface area (Å²) >= 11 is 0. The van der Waals surface area contributed by atoms with Gasteiger partial charge in [-0.3, -0.25) is 4.90 Å². The van der Waals surface area contributed by atoms with Crippen LogP contribution in [0.1, 0.15) is 73.1 Å². The van der Waals surface area contributed by atoms with Crippen LogP contribution >= 0.6 is 0 Å². The zero-order valence-electron chi connectivity index (χ0n) is 40.0. The zero-order valence-corrected chi connectivity index (χ0v) is 40.0. The number of allylic oxidation sites excluding steroid dienone is 1. The summed E-state index contributed by atoms with van der Waals surface area (Å²) < 4.78 is 32.7. The molecule has 8 rings (SSSR count). The number of rotatable bonds is 23. The van der Waals surface area contributed by atoms with Crippen LogP contribution in [0, 0.1) is 17.8 Å². The molecule has 6 atom stereocenters. The maximum absolute atomic E-state index is 15.1. The molecule has 2 amide bonds. The second-order valence-corrected chi connectivity index (χ2v) is 18.1. The maximum atomic E-state index is 15.1. The number of hydrogen-bond donors (Lipinski definition) is 3. The number of carbonyl (C=O) groups is 2. The van der Waals surface area contributed by atoms with Crippen molar-refractivity contribution in [3.8, 4) is 11.5 Å². The van der Waals surface area contributed by atoms with E-state index in [4.69, 9.17) is 33.7 Å². The van der Waals surface area contributed by atoms with E-state index in [0.717, 1.165) is 64.3 Å². The Morgan fingerprint density at radius 1 is 0.871 bits per heavy atom. The number of hydrogen-bond acceptors (Lipinski definition) is 11. The first-order chi connectivity index (χ1) is 34.4. The van der Waals surface area contributed by atoms with Crippen molar-refractivity contribution < 1.29 is 48.3 Å². The number of aliphatic hydroxyl groups is 2. The number of oxime groups is 1. The van der Waals surface area contributed by atoms with Crippen LogP contribution in [0.5, 0.6) is 11.5 Å². The average molecular weight is 952 g/mol. The third-order valence-electron chi connectivity index (χ3n) is 13.7. The zero-order chi connectivity index (χ0) is 48.7. The lowest BCUT2D eigenvalue weighted by Crippen LogP contribution is -2.70. The topological polar surface area (TPSA) is 158 Å². The molecule has 0 bridgehead atoms. The molecular formula is C57H65N3O10. The molecule has 5 aromatic rings. The molecular weight excluding hydrogens is 887 g/mol. The van der Waals surface area contributed by atoms with Gasteiger partial charge in [0.15, 0.2) is 0 Å². The van der Waals surface area contributed by atoms with Crippen LogP contribution in [0.2, 0.25) is 0 Å². The molecule has 0 radical (unpaired) electrons. The van der Waals surface area contributed by atoms with E-state index >= 15 is 4.79 Å². The van der Waals surface area contributed by atoms with Crippen LogP contribution in [0.3, 0.4) is 0 Å². The third kappa shape index (κ3) is 11.6. The van der Waals surface area contributed by atoms with Crippen LogP contribution in [0.15, 0.2) is 151 Å². The van der Waals surface area contributed by atoms with E-state index in [1.165, 1.54) is 7.11 Å². The third-order valence-corrected chi connectivity index (χ3v) is 13.7. The predicted octanol–water partition coefficient (Wildman–Crippen LogP) is 10.2. The van der Waals surface area contributed by atoms with E-state index in [0.29, 0.717) is 43.2 Å². The van der Waals surface area contributed by atoms with E-state index in [2.05, 4.69) is 24.0 Å². The molecule has 2 aliphatic carbocycles. The Morgan fingerprint density at radius 3 is 2.36 bits per heavy atom. The van der Waals surface area contributed by atoms with Gasteiger partial charge in [0.05, 0.1) is 38.0 Å². The van der Waals surface area contributed by atoms with Gasteiger partial charge < -0.3 is 44.1 Å². The number of amides is 2. The molecule has 13 nitrogen and oxygen atoms in total. The van der Waals surface area contributed by atoms with E-state index in [1.807, 2.05) is 109 Å². The second kappa shape index (κ2) is 24.4. The highest BCUT2D eigenvalue weighted by Gasteiger charge is 2.65. The minimum Gasteiger partial charge on any atom is -0.459 e. The Morgan fingerprint density at radius 2 is 1.60 bits per heavy atom. The van der Waals surface area contributed by atoms with Crippen molar-refractivity contribution in [2.45, 2.75) is 82.4 Å². The molecule has 1 saturated carbocycles. The Bertz CT molecular complexity index is 2580. The first-order valence-corrected chi connectivity index (χ1v) is 24.5. The van der Waals surface area contributed by atoms with Gasteiger partial charge in [-0.15, -0.1) is 6.58 Å². The molecule has 0 saturated heterocycles. The highest BCUT2D eigenvalue weighted by molar-refractivity contribution is 6.03. The molecule has 13 heteroatoms. The highest BCUT2D eigenvalue weighted by atomic mass is 16.7. The van der Waals surface area contributed by atoms with Crippen LogP contribution in [-0.2, 0) is 38.7 Å². The van der Waals surface area contributed by atoms with E-state index < -0.39 is 29.9 Å². The number of ether oxygens (including phenoxy) is 5. The smallest absolute Gasteiger partial charge is 0.412 e. The quantitative estimate of drug-likeness (QED) is 0.0327. The Labute approximate surface area is 410 Å². The van der Waals surface area contributed by atoms with Crippen molar-refractivity contribution in [3.63, 3.8) is 0 Å². The summed E-state index contributed by atoms with van der Waals surface area (Å²) in [4.78, 5) is 35.9. The number of aliphatic hydroxyl groups excluding tert-OH is 2. The molecule has 1 aliphatic heterocycles. The van der Waals surface area contributed by atoms with Gasteiger partial charge in [-0.2, -0.15) is 0 Å². The molecule has 3 N–H and O–H groups in total. The fourth-order valence-electron chi connectivity index (χ4n) is 10.7. The number of carbonyl (C=O) groups excluding carboxylic acids is 2. The van der Waals surface area contributed by atoms with Crippen LogP contribution < -0.4 is 14.8 Å². The van der Waals surface area contributed by atoms with Crippen molar-refractivity contribution in [1.29, 1.82) is 0 Å². The van der Waals surface area contributed by atoms with Gasteiger partial charge in [-0.25, -0.2) is 9.59 Å². The minimum absolute atomic E-state index is 0.00495. The first kappa shape index (κ1) is 49.9. The number of fused-ring (bicyclic) bond motifs is 3. The predicted molar refractivity (Wildman–Crippen MR) is 268 cm³/mol. The molecule has 0 aromatic heterocycles. The summed E-state index contributed by atoms with van der Waals surface area (Å²) in [5.74, 6) is -1.64. The lowest BCUT2D eigenvalue weighted by Gasteiger charge is -2.59. The van der Waals surface area contributed by atoms with Crippen molar-refractivity contribution in [1.82, 2.24) is 10.2 Å². The van der Waals surface area contributed by atoms with Gasteiger partial charge in [-0.05, 0) is 88.8 Å². The van der Waals surface area contributed by atoms with Crippen molar-refractivity contribution >= 4 is 28.7 Å². The Balaban J connectivity index is 1.24. The molecule has 5 aromatic carbocycles. The molecule has 1 heterocycles. The number of nitrogens with zero attached hydrogens (tertiary/aromatic N) is 2. The van der Waals surface area contributed by atoms with Crippen molar-refractivity contribution in [2.24, 2.45) is 22.9 Å². The van der Waals surface area contributed by atoms with Gasteiger partial charge in [0.2, 0.25) is 5.79 Å². The van der Waals surface area contributed by atoms with Gasteiger partial charge in [-0.1, -0.05) is 133 Å². The summed E-state index contributed by atoms with van der Waals surface area (Å²) in [7, 11) is 1.52. The average Bonchev–Trinajstić information content (AvgIpc) is 3.38. The summed E-state index contributed by atoms with van der Waals surface area (Å²) in [6.45, 7) is 5.24. The SMILES string of the molecule is C=CCOC12Oc3ccc(OC(=O)NCc4ccccc4)cc3C3C(CCCCO)C(CCCCO)C=C(C(=NOC)CC1N(Cc1cccc4ccccc14)C(=O)OCCOCc1ccccc1)C32. The monoisotopic (exact) mass is 951 g/mol. The first-order valence-electron chi connectivity index (χ1n) is 24.5. The molecule has 70 heavy (non-hydrogen) atoms. The second-order valence-electron chi connectivity index (χ2n) is 18.1. The lowest BCUT2D eigenvalue weighted by atomic mass is 9.55. The van der Waals surface area contributed by atoms with E-state index in [-0.39, 0.29) is 63.8 Å². The van der Waals surface area contributed by atoms with Gasteiger partial charge >= 0.3 is 12.2 Å². The fraction of sp³-hybridized carbons (Fsp3) is 0.386. The van der Waals surface area contributed by atoms with Crippen LogP contribution in [0.4, 0.5) is 9.59 Å². The van der Waals surface area contributed by atoms with E-state index in [1.54, 1.807) is 17.0 Å². The van der Waals surface area contributed by atoms with Gasteiger partial charge in [0, 0.05) is 37.7 Å². The number of unbranched alkanes of at least 4 members (excludes halogenated alkanes) is 2. The van der Waals surface area contributed by atoms with Crippen LogP contribution in [-0.4, -0.2) is 85.0 Å². The molecule has 0 spiro atoms. The summed E-state index contributed by atoms with van der Waals surface area (Å²) in [6.07, 6.45) is 7.26. The maximum Gasteiger partial charge on any atom is 0.412 e. The minimum atomic E-state index is -1.54. The lowest BCUT2D eigenvalue weighted by molar-refractivity contribution is -0.256. The largest absolute Gasteiger partial charge is 0.459 e. The summed E-state index contributed by atoms with van der Waals surface area (Å²) in [6, 6.07) is 38.2. The molecule has 1 fully saturated rings. The van der Waals surface area contributed by atoms with Crippen LogP contribution in [0.25, 0.3) is 10.8 Å². The number of nitrogens with one attached hydrogen (secondary N) is 1. The summed E-state index contributed by atoms with van der Waals surface area (Å²) in [5.41, 5.74) is 5.18. The fourth-order valence-corrected chi connectivity index (χ4v) is 10.7.